The third-order valence-corrected chi connectivity index (χ3v) is 5.52. The van der Waals surface area contributed by atoms with E-state index in [-0.39, 0.29) is 0 Å². The largest absolute Gasteiger partial charge is 0.497 e. The van der Waals surface area contributed by atoms with Crippen molar-refractivity contribution in [1.29, 1.82) is 10.5 Å². The molecular weight excluding hydrogens is 390 g/mol. The second-order valence-electron chi connectivity index (χ2n) is 7.38. The topological polar surface area (TPSA) is 104 Å². The fraction of sp³-hybridized carbons (Fsp3) is 0.208. The van der Waals surface area contributed by atoms with Crippen molar-refractivity contribution in [3.63, 3.8) is 0 Å². The average molecular weight is 411 g/mol. The number of nitrogens with zero attached hydrogens (tertiary/aromatic N) is 4. The molecule has 0 amide bonds. The van der Waals surface area contributed by atoms with E-state index in [1.807, 2.05) is 56.5 Å². The molecule has 4 aromatic rings. The van der Waals surface area contributed by atoms with Crippen molar-refractivity contribution in [3.05, 3.63) is 63.9 Å². The van der Waals surface area contributed by atoms with Gasteiger partial charge in [0, 0.05) is 23.0 Å². The van der Waals surface area contributed by atoms with Gasteiger partial charge in [0.25, 0.3) is 0 Å². The van der Waals surface area contributed by atoms with Crippen molar-refractivity contribution < 1.29 is 9.15 Å². The third kappa shape index (κ3) is 3.27. The Hall–Kier alpha value is -4.23. The van der Waals surface area contributed by atoms with Gasteiger partial charge in [-0.2, -0.15) is 10.5 Å². The van der Waals surface area contributed by atoms with Crippen molar-refractivity contribution in [2.45, 2.75) is 27.7 Å². The number of aromatic amines is 1. The highest BCUT2D eigenvalue weighted by Crippen LogP contribution is 2.30. The number of hydrogen-bond donors (Lipinski definition) is 1. The van der Waals surface area contributed by atoms with Gasteiger partial charge in [0.1, 0.15) is 35.0 Å². The van der Waals surface area contributed by atoms with E-state index in [0.717, 1.165) is 33.5 Å². The summed E-state index contributed by atoms with van der Waals surface area (Å²) in [6.45, 7) is 7.60. The number of rotatable bonds is 4. The van der Waals surface area contributed by atoms with E-state index in [1.165, 1.54) is 0 Å². The zero-order chi connectivity index (χ0) is 22.3. The van der Waals surface area contributed by atoms with Crippen molar-refractivity contribution in [1.82, 2.24) is 14.5 Å². The number of aryl methyl sites for hydroxylation is 2. The molecule has 0 saturated carbocycles. The Kier molecular flexibility index (Phi) is 4.88. The lowest BCUT2D eigenvalue weighted by atomic mass is 10.1. The molecule has 0 aliphatic rings. The molecule has 0 aliphatic carbocycles. The Balaban J connectivity index is 1.82. The molecule has 3 aromatic heterocycles. The minimum Gasteiger partial charge on any atom is -0.497 e. The second-order valence-corrected chi connectivity index (χ2v) is 7.38. The van der Waals surface area contributed by atoms with E-state index in [4.69, 9.17) is 9.15 Å². The number of nitrogens with one attached hydrogen (secondary N) is 1. The number of nitriles is 2. The van der Waals surface area contributed by atoms with Crippen LogP contribution in [0.4, 0.5) is 0 Å². The summed E-state index contributed by atoms with van der Waals surface area (Å²) in [5.41, 5.74) is 5.92. The Morgan fingerprint density at radius 1 is 1.19 bits per heavy atom. The quantitative estimate of drug-likeness (QED) is 0.469. The molecule has 0 aliphatic heterocycles. The average Bonchev–Trinajstić information content (AvgIpc) is 3.39. The molecule has 0 saturated heterocycles. The van der Waals surface area contributed by atoms with Crippen LogP contribution in [0.3, 0.4) is 0 Å². The Bertz CT molecular complexity index is 1430. The molecule has 154 valence electrons. The van der Waals surface area contributed by atoms with E-state index in [0.29, 0.717) is 34.4 Å². The molecule has 7 nitrogen and oxygen atoms in total. The van der Waals surface area contributed by atoms with Crippen LogP contribution in [-0.2, 0) is 0 Å². The molecule has 7 heteroatoms. The van der Waals surface area contributed by atoms with Crippen molar-refractivity contribution >= 4 is 22.7 Å². The first-order valence-electron chi connectivity index (χ1n) is 9.73. The summed E-state index contributed by atoms with van der Waals surface area (Å²) in [4.78, 5) is 7.74. The highest BCUT2D eigenvalue weighted by atomic mass is 16.5. The first kappa shape index (κ1) is 20.1. The van der Waals surface area contributed by atoms with Crippen LogP contribution >= 0.6 is 0 Å². The number of imidazole rings is 1. The maximum absolute atomic E-state index is 9.80. The van der Waals surface area contributed by atoms with Gasteiger partial charge in [-0.05, 0) is 57.5 Å². The number of hydrogen-bond acceptors (Lipinski definition) is 5. The van der Waals surface area contributed by atoms with Crippen LogP contribution in [0.25, 0.3) is 28.6 Å². The summed E-state index contributed by atoms with van der Waals surface area (Å²) in [5, 5.41) is 19.4. The smallest absolute Gasteiger partial charge is 0.222 e. The van der Waals surface area contributed by atoms with Crippen LogP contribution in [0.2, 0.25) is 0 Å². The number of aromatic nitrogens is 3. The Morgan fingerprint density at radius 3 is 2.65 bits per heavy atom. The SMILES string of the molecule is COc1ccc2nc(/C(C#N)=C/c3cc(C)n(-c4oc(C)c(C)c4C#N)c3C)[nH]c2c1. The van der Waals surface area contributed by atoms with Crippen LogP contribution in [0.15, 0.2) is 28.7 Å². The molecule has 3 heterocycles. The van der Waals surface area contributed by atoms with Gasteiger partial charge < -0.3 is 14.1 Å². The van der Waals surface area contributed by atoms with Crippen molar-refractivity contribution in [2.24, 2.45) is 0 Å². The number of benzene rings is 1. The van der Waals surface area contributed by atoms with Gasteiger partial charge in [-0.25, -0.2) is 4.98 Å². The summed E-state index contributed by atoms with van der Waals surface area (Å²) < 4.78 is 13.1. The number of furan rings is 1. The predicted octanol–water partition coefficient (Wildman–Crippen LogP) is 5.12. The van der Waals surface area contributed by atoms with E-state index in [1.54, 1.807) is 13.2 Å². The number of H-pyrrole nitrogens is 1. The van der Waals surface area contributed by atoms with Crippen LogP contribution in [-0.4, -0.2) is 21.6 Å². The standard InChI is InChI=1S/C24H21N5O2/c1-13-8-17(15(3)29(13)24-20(12-26)14(2)16(4)31-24)9-18(11-25)23-27-21-7-6-19(30-5)10-22(21)28-23/h6-10H,1-5H3,(H,27,28)/b18-9+. The fourth-order valence-corrected chi connectivity index (χ4v) is 3.70. The number of fused-ring (bicyclic) bond motifs is 1. The lowest BCUT2D eigenvalue weighted by molar-refractivity contribution is 0.415. The lowest BCUT2D eigenvalue weighted by Crippen LogP contribution is -2.00. The third-order valence-electron chi connectivity index (χ3n) is 5.52. The minimum atomic E-state index is 0.405. The first-order valence-corrected chi connectivity index (χ1v) is 9.73. The zero-order valence-corrected chi connectivity index (χ0v) is 18.0. The summed E-state index contributed by atoms with van der Waals surface area (Å²) in [5.74, 6) is 2.41. The normalized spacial score (nSPS) is 11.5. The van der Waals surface area contributed by atoms with Gasteiger partial charge in [-0.15, -0.1) is 0 Å². The summed E-state index contributed by atoms with van der Waals surface area (Å²) in [6.07, 6.45) is 1.79. The zero-order valence-electron chi connectivity index (χ0n) is 18.0. The Morgan fingerprint density at radius 2 is 1.97 bits per heavy atom. The van der Waals surface area contributed by atoms with E-state index in [9.17, 15) is 10.5 Å². The van der Waals surface area contributed by atoms with E-state index < -0.39 is 0 Å². The highest BCUT2D eigenvalue weighted by molar-refractivity contribution is 5.91. The second kappa shape index (κ2) is 7.55. The van der Waals surface area contributed by atoms with Gasteiger partial charge in [-0.1, -0.05) is 0 Å². The summed E-state index contributed by atoms with van der Waals surface area (Å²) >= 11 is 0. The molecule has 1 aromatic carbocycles. The molecule has 0 atom stereocenters. The minimum absolute atomic E-state index is 0.405. The van der Waals surface area contributed by atoms with Gasteiger partial charge in [-0.3, -0.25) is 4.57 Å². The molecule has 4 rings (SSSR count). The molecule has 0 radical (unpaired) electrons. The predicted molar refractivity (Wildman–Crippen MR) is 118 cm³/mol. The fourth-order valence-electron chi connectivity index (χ4n) is 3.70. The number of allylic oxidation sites excluding steroid dienone is 1. The van der Waals surface area contributed by atoms with Crippen LogP contribution < -0.4 is 4.74 Å². The van der Waals surface area contributed by atoms with Crippen LogP contribution in [0.1, 0.15) is 39.7 Å². The van der Waals surface area contributed by atoms with E-state index >= 15 is 0 Å². The van der Waals surface area contributed by atoms with Gasteiger partial charge >= 0.3 is 0 Å². The summed E-state index contributed by atoms with van der Waals surface area (Å²) in [6, 6.07) is 12.0. The molecule has 1 N–H and O–H groups in total. The van der Waals surface area contributed by atoms with Crippen LogP contribution in [0.5, 0.6) is 5.75 Å². The number of ether oxygens (including phenoxy) is 1. The maximum atomic E-state index is 9.80. The summed E-state index contributed by atoms with van der Waals surface area (Å²) in [7, 11) is 1.61. The monoisotopic (exact) mass is 411 g/mol. The molecular formula is C24H21N5O2. The number of methoxy groups -OCH3 is 1. The molecule has 0 spiro atoms. The van der Waals surface area contributed by atoms with Gasteiger partial charge in [0.05, 0.1) is 23.7 Å². The van der Waals surface area contributed by atoms with Crippen molar-refractivity contribution in [3.8, 4) is 23.8 Å². The highest BCUT2D eigenvalue weighted by Gasteiger charge is 2.20. The molecule has 31 heavy (non-hydrogen) atoms. The van der Waals surface area contributed by atoms with Gasteiger partial charge in [0.2, 0.25) is 5.88 Å². The first-order chi connectivity index (χ1) is 14.9. The van der Waals surface area contributed by atoms with E-state index in [2.05, 4.69) is 22.1 Å². The molecule has 0 fully saturated rings. The lowest BCUT2D eigenvalue weighted by Gasteiger charge is -2.06. The Labute approximate surface area is 179 Å². The van der Waals surface area contributed by atoms with Crippen LogP contribution in [0, 0.1) is 50.4 Å². The molecule has 0 unspecified atom stereocenters. The maximum Gasteiger partial charge on any atom is 0.222 e. The van der Waals surface area contributed by atoms with Crippen molar-refractivity contribution in [2.75, 3.05) is 7.11 Å². The molecule has 0 bridgehead atoms. The van der Waals surface area contributed by atoms with Gasteiger partial charge in [0.15, 0.2) is 0 Å².